The molecule has 1 heterocycles. The summed E-state index contributed by atoms with van der Waals surface area (Å²) in [6.45, 7) is 1.60. The van der Waals surface area contributed by atoms with E-state index >= 15 is 0 Å². The van der Waals surface area contributed by atoms with Gasteiger partial charge in [0.2, 0.25) is 0 Å². The fourth-order valence-corrected chi connectivity index (χ4v) is 1.96. The van der Waals surface area contributed by atoms with E-state index in [1.807, 2.05) is 0 Å². The topological polar surface area (TPSA) is 83.0 Å². The minimum atomic E-state index is -1.08. The van der Waals surface area contributed by atoms with Crippen molar-refractivity contribution in [2.24, 2.45) is 0 Å². The molecular formula is C17H15FN2O3. The van der Waals surface area contributed by atoms with Crippen LogP contribution in [0.25, 0.3) is 12.2 Å². The zero-order valence-corrected chi connectivity index (χ0v) is 12.4. The molecule has 1 aromatic heterocycles. The minimum absolute atomic E-state index is 0.150. The van der Waals surface area contributed by atoms with E-state index in [0.29, 0.717) is 11.5 Å². The maximum Gasteiger partial charge on any atom is 0.308 e. The van der Waals surface area contributed by atoms with E-state index in [9.17, 15) is 14.0 Å². The number of allylic oxidation sites excluding steroid dienone is 2. The number of halogens is 1. The summed E-state index contributed by atoms with van der Waals surface area (Å²) in [7, 11) is 0. The van der Waals surface area contributed by atoms with Gasteiger partial charge >= 0.3 is 5.97 Å². The van der Waals surface area contributed by atoms with Crippen LogP contribution < -0.4 is 5.56 Å². The van der Waals surface area contributed by atoms with E-state index in [-0.39, 0.29) is 17.8 Å². The van der Waals surface area contributed by atoms with Crippen molar-refractivity contribution in [3.8, 4) is 0 Å². The highest BCUT2D eigenvalue weighted by atomic mass is 19.1. The second-order valence-electron chi connectivity index (χ2n) is 4.86. The quantitative estimate of drug-likeness (QED) is 0.831. The lowest BCUT2D eigenvalue weighted by molar-refractivity contribution is -0.136. The van der Waals surface area contributed by atoms with Crippen LogP contribution in [0, 0.1) is 12.7 Å². The molecule has 0 spiro atoms. The fourth-order valence-electron chi connectivity index (χ4n) is 1.96. The van der Waals surface area contributed by atoms with Gasteiger partial charge in [-0.2, -0.15) is 0 Å². The second kappa shape index (κ2) is 7.31. The van der Waals surface area contributed by atoms with Gasteiger partial charge in [0, 0.05) is 11.3 Å². The van der Waals surface area contributed by atoms with Gasteiger partial charge in [-0.1, -0.05) is 30.4 Å². The molecule has 0 radical (unpaired) electrons. The molecule has 2 N–H and O–H groups in total. The van der Waals surface area contributed by atoms with Crippen LogP contribution in [-0.2, 0) is 11.2 Å². The Morgan fingerprint density at radius 3 is 2.52 bits per heavy atom. The second-order valence-corrected chi connectivity index (χ2v) is 4.86. The lowest BCUT2D eigenvalue weighted by Crippen LogP contribution is -2.20. The third kappa shape index (κ3) is 4.74. The molecular weight excluding hydrogens is 299 g/mol. The van der Waals surface area contributed by atoms with Crippen LogP contribution in [0.4, 0.5) is 4.39 Å². The number of carbonyl (C=O) groups is 1. The van der Waals surface area contributed by atoms with Gasteiger partial charge in [-0.25, -0.2) is 9.37 Å². The average molecular weight is 314 g/mol. The number of aromatic nitrogens is 2. The monoisotopic (exact) mass is 314 g/mol. The van der Waals surface area contributed by atoms with Gasteiger partial charge in [-0.15, -0.1) is 0 Å². The Labute approximate surface area is 131 Å². The summed E-state index contributed by atoms with van der Waals surface area (Å²) in [5, 5.41) is 8.76. The highest BCUT2D eigenvalue weighted by molar-refractivity contribution is 5.70. The van der Waals surface area contributed by atoms with Crippen LogP contribution in [0.5, 0.6) is 0 Å². The number of hydrogen-bond acceptors (Lipinski definition) is 3. The summed E-state index contributed by atoms with van der Waals surface area (Å²) in [5.41, 5.74) is 0.919. The smallest absolute Gasteiger partial charge is 0.308 e. The van der Waals surface area contributed by atoms with Crippen molar-refractivity contribution < 1.29 is 14.3 Å². The lowest BCUT2D eigenvalue weighted by Gasteiger charge is -2.02. The average Bonchev–Trinajstić information content (AvgIpc) is 2.49. The number of nitrogens with one attached hydrogen (secondary N) is 1. The Kier molecular flexibility index (Phi) is 5.19. The molecule has 0 aliphatic heterocycles. The van der Waals surface area contributed by atoms with Crippen molar-refractivity contribution >= 4 is 18.1 Å². The van der Waals surface area contributed by atoms with Gasteiger partial charge in [-0.05, 0) is 30.7 Å². The molecule has 23 heavy (non-hydrogen) atoms. The SMILES string of the molecule is Cc1nc(/C=C/C=C/c2ccc(F)cc2)[nH]c(=O)c1CC(=O)O. The van der Waals surface area contributed by atoms with Crippen LogP contribution in [-0.4, -0.2) is 21.0 Å². The summed E-state index contributed by atoms with van der Waals surface area (Å²) >= 11 is 0. The standard InChI is InChI=1S/C17H15FN2O3/c1-11-14(10-16(21)22)17(23)20-15(19-11)5-3-2-4-12-6-8-13(18)9-7-12/h2-9H,10H2,1H3,(H,21,22)(H,19,20,23)/b4-2+,5-3+. The summed E-state index contributed by atoms with van der Waals surface area (Å²) < 4.78 is 12.8. The fraction of sp³-hybridized carbons (Fsp3) is 0.118. The molecule has 118 valence electrons. The summed E-state index contributed by atoms with van der Waals surface area (Å²) in [6.07, 6.45) is 6.42. The highest BCUT2D eigenvalue weighted by Crippen LogP contribution is 2.05. The molecule has 6 heteroatoms. The Morgan fingerprint density at radius 2 is 1.91 bits per heavy atom. The molecule has 1 aromatic carbocycles. The molecule has 2 aromatic rings. The molecule has 5 nitrogen and oxygen atoms in total. The molecule has 0 bridgehead atoms. The van der Waals surface area contributed by atoms with Gasteiger partial charge < -0.3 is 10.1 Å². The first-order valence-electron chi connectivity index (χ1n) is 6.87. The minimum Gasteiger partial charge on any atom is -0.481 e. The van der Waals surface area contributed by atoms with Gasteiger partial charge in [0.25, 0.3) is 5.56 Å². The number of rotatable bonds is 5. The lowest BCUT2D eigenvalue weighted by atomic mass is 10.1. The summed E-state index contributed by atoms with van der Waals surface area (Å²) in [5.74, 6) is -1.03. The van der Waals surface area contributed by atoms with E-state index < -0.39 is 11.5 Å². The van der Waals surface area contributed by atoms with Crippen molar-refractivity contribution in [1.29, 1.82) is 0 Å². The largest absolute Gasteiger partial charge is 0.481 e. The van der Waals surface area contributed by atoms with Crippen LogP contribution in [0.3, 0.4) is 0 Å². The summed E-state index contributed by atoms with van der Waals surface area (Å²) in [6, 6.07) is 6.02. The van der Waals surface area contributed by atoms with Crippen molar-refractivity contribution in [2.75, 3.05) is 0 Å². The van der Waals surface area contributed by atoms with Crippen molar-refractivity contribution in [3.05, 3.63) is 75.2 Å². The highest BCUT2D eigenvalue weighted by Gasteiger charge is 2.10. The Balaban J connectivity index is 2.12. The van der Waals surface area contributed by atoms with Crippen LogP contribution >= 0.6 is 0 Å². The number of carboxylic acid groups (broad SMARTS) is 1. The van der Waals surface area contributed by atoms with Gasteiger partial charge in [0.1, 0.15) is 11.6 Å². The van der Waals surface area contributed by atoms with Crippen molar-refractivity contribution in [1.82, 2.24) is 9.97 Å². The third-order valence-corrected chi connectivity index (χ3v) is 3.09. The molecule has 0 saturated carbocycles. The van der Waals surface area contributed by atoms with E-state index in [4.69, 9.17) is 5.11 Å². The van der Waals surface area contributed by atoms with Crippen LogP contribution in [0.15, 0.2) is 41.2 Å². The van der Waals surface area contributed by atoms with Crippen LogP contribution in [0.2, 0.25) is 0 Å². The molecule has 0 amide bonds. The first kappa shape index (κ1) is 16.4. The molecule has 0 saturated heterocycles. The number of aliphatic carboxylic acids is 1. The predicted octanol–water partition coefficient (Wildman–Crippen LogP) is 2.57. The number of aryl methyl sites for hydroxylation is 1. The number of benzene rings is 1. The molecule has 2 rings (SSSR count). The number of H-pyrrole nitrogens is 1. The Hall–Kier alpha value is -3.02. The maximum absolute atomic E-state index is 12.8. The Morgan fingerprint density at radius 1 is 1.26 bits per heavy atom. The van der Waals surface area contributed by atoms with E-state index in [1.54, 1.807) is 43.4 Å². The first-order chi connectivity index (χ1) is 11.0. The van der Waals surface area contributed by atoms with Gasteiger partial charge in [0.05, 0.1) is 6.42 Å². The van der Waals surface area contributed by atoms with Crippen molar-refractivity contribution in [3.63, 3.8) is 0 Å². The normalized spacial score (nSPS) is 11.4. The molecule has 0 aliphatic rings. The molecule has 0 unspecified atom stereocenters. The predicted molar refractivity (Wildman–Crippen MR) is 85.4 cm³/mol. The van der Waals surface area contributed by atoms with Crippen molar-refractivity contribution in [2.45, 2.75) is 13.3 Å². The van der Waals surface area contributed by atoms with Gasteiger partial charge in [-0.3, -0.25) is 9.59 Å². The maximum atomic E-state index is 12.8. The zero-order chi connectivity index (χ0) is 16.8. The van der Waals surface area contributed by atoms with E-state index in [0.717, 1.165) is 5.56 Å². The number of aromatic amines is 1. The van der Waals surface area contributed by atoms with E-state index in [1.165, 1.54) is 12.1 Å². The zero-order valence-electron chi connectivity index (χ0n) is 12.4. The first-order valence-corrected chi connectivity index (χ1v) is 6.87. The van der Waals surface area contributed by atoms with E-state index in [2.05, 4.69) is 9.97 Å². The number of carboxylic acids is 1. The third-order valence-electron chi connectivity index (χ3n) is 3.09. The molecule has 0 atom stereocenters. The summed E-state index contributed by atoms with van der Waals surface area (Å²) in [4.78, 5) is 29.2. The number of hydrogen-bond donors (Lipinski definition) is 2. The number of nitrogens with zero attached hydrogens (tertiary/aromatic N) is 1. The van der Waals surface area contributed by atoms with Gasteiger partial charge in [0.15, 0.2) is 0 Å². The Bertz CT molecular complexity index is 821. The molecule has 0 aliphatic carbocycles. The molecule has 0 fully saturated rings. The van der Waals surface area contributed by atoms with Crippen LogP contribution in [0.1, 0.15) is 22.6 Å².